The second kappa shape index (κ2) is 6.91. The van der Waals surface area contributed by atoms with Crippen molar-refractivity contribution in [3.05, 3.63) is 58.7 Å². The first-order valence-electron chi connectivity index (χ1n) is 10.3. The summed E-state index contributed by atoms with van der Waals surface area (Å²) in [5.74, 6) is 0. The second-order valence-electron chi connectivity index (χ2n) is 7.98. The molecule has 0 aliphatic carbocycles. The summed E-state index contributed by atoms with van der Waals surface area (Å²) in [4.78, 5) is 0. The molecule has 0 unspecified atom stereocenters. The zero-order valence-corrected chi connectivity index (χ0v) is 16.7. The lowest BCUT2D eigenvalue weighted by atomic mass is 9.85. The zero-order chi connectivity index (χ0) is 18.3. The molecule has 0 aliphatic heterocycles. The van der Waals surface area contributed by atoms with Gasteiger partial charge < -0.3 is 0 Å². The quantitative estimate of drug-likeness (QED) is 0.312. The smallest absolute Gasteiger partial charge is 0.00212 e. The normalized spacial score (nSPS) is 12.0. The van der Waals surface area contributed by atoms with E-state index in [1.165, 1.54) is 93.1 Å². The van der Waals surface area contributed by atoms with Gasteiger partial charge in [0.1, 0.15) is 0 Å². The summed E-state index contributed by atoms with van der Waals surface area (Å²) in [7, 11) is 0. The molecule has 0 atom stereocenters. The van der Waals surface area contributed by atoms with E-state index in [0.29, 0.717) is 0 Å². The minimum absolute atomic E-state index is 1.19. The Labute approximate surface area is 157 Å². The highest BCUT2D eigenvalue weighted by Gasteiger charge is 2.16. The van der Waals surface area contributed by atoms with Gasteiger partial charge >= 0.3 is 0 Å². The number of hydrogen-bond acceptors (Lipinski definition) is 0. The third-order valence-corrected chi connectivity index (χ3v) is 6.08. The van der Waals surface area contributed by atoms with Crippen LogP contribution in [0.25, 0.3) is 32.3 Å². The predicted molar refractivity (Wildman–Crippen MR) is 117 cm³/mol. The minimum atomic E-state index is 1.19. The van der Waals surface area contributed by atoms with E-state index in [1.807, 2.05) is 0 Å². The van der Waals surface area contributed by atoms with Gasteiger partial charge in [-0.2, -0.15) is 0 Å². The molecule has 0 radical (unpaired) electrons. The van der Waals surface area contributed by atoms with Crippen molar-refractivity contribution in [2.75, 3.05) is 0 Å². The fourth-order valence-electron chi connectivity index (χ4n) is 4.67. The summed E-state index contributed by atoms with van der Waals surface area (Å²) in [6, 6.07) is 14.4. The van der Waals surface area contributed by atoms with Crippen LogP contribution in [0.4, 0.5) is 0 Å². The van der Waals surface area contributed by atoms with Gasteiger partial charge in [-0.25, -0.2) is 0 Å². The number of aryl methyl sites for hydroxylation is 4. The Morgan fingerprint density at radius 2 is 0.962 bits per heavy atom. The highest BCUT2D eigenvalue weighted by Crippen LogP contribution is 2.40. The average molecular weight is 343 g/mol. The highest BCUT2D eigenvalue weighted by molar-refractivity contribution is 6.25. The lowest BCUT2D eigenvalue weighted by Gasteiger charge is -2.19. The molecule has 0 saturated carbocycles. The summed E-state index contributed by atoms with van der Waals surface area (Å²) in [5, 5.41) is 8.84. The van der Waals surface area contributed by atoms with Gasteiger partial charge in [0.2, 0.25) is 0 Å². The van der Waals surface area contributed by atoms with Gasteiger partial charge in [0.25, 0.3) is 0 Å². The van der Waals surface area contributed by atoms with Crippen LogP contribution < -0.4 is 0 Å². The summed E-state index contributed by atoms with van der Waals surface area (Å²) in [6.07, 6.45) is 7.41. The molecule has 0 aliphatic rings. The molecule has 0 saturated heterocycles. The lowest BCUT2D eigenvalue weighted by Crippen LogP contribution is -1.96. The van der Waals surface area contributed by atoms with Crippen molar-refractivity contribution in [1.29, 1.82) is 0 Å². The maximum absolute atomic E-state index is 2.43. The Bertz CT molecular complexity index is 981. The third-order valence-electron chi connectivity index (χ3n) is 6.08. The van der Waals surface area contributed by atoms with Crippen LogP contribution in [0.2, 0.25) is 0 Å². The maximum Gasteiger partial charge on any atom is -0.00212 e. The third kappa shape index (κ3) is 2.67. The van der Waals surface area contributed by atoms with Gasteiger partial charge in [-0.3, -0.25) is 0 Å². The van der Waals surface area contributed by atoms with Crippen LogP contribution in [0.1, 0.15) is 61.8 Å². The molecule has 0 heteroatoms. The molecule has 4 aromatic rings. The molecule has 0 bridgehead atoms. The van der Waals surface area contributed by atoms with E-state index in [2.05, 4.69) is 64.1 Å². The monoisotopic (exact) mass is 342 g/mol. The topological polar surface area (TPSA) is 0 Å². The van der Waals surface area contributed by atoms with Crippen molar-refractivity contribution in [3.63, 3.8) is 0 Å². The van der Waals surface area contributed by atoms with E-state index in [1.54, 1.807) is 0 Å². The first-order chi connectivity index (χ1) is 12.7. The van der Waals surface area contributed by atoms with Gasteiger partial charge in [-0.15, -0.1) is 0 Å². The maximum atomic E-state index is 2.43. The van der Waals surface area contributed by atoms with E-state index in [0.717, 1.165) is 0 Å². The molecule has 4 aromatic carbocycles. The van der Waals surface area contributed by atoms with Gasteiger partial charge in [0.15, 0.2) is 0 Å². The molecule has 0 fully saturated rings. The van der Waals surface area contributed by atoms with Crippen LogP contribution in [-0.4, -0.2) is 0 Å². The Kier molecular flexibility index (Phi) is 4.61. The molecular formula is C26H30. The van der Waals surface area contributed by atoms with Crippen molar-refractivity contribution in [3.8, 4) is 0 Å². The molecule has 0 nitrogen and oxygen atoms in total. The average Bonchev–Trinajstić information content (AvgIpc) is 2.65. The van der Waals surface area contributed by atoms with Crippen molar-refractivity contribution in [1.82, 2.24) is 0 Å². The SMILES string of the molecule is CCCCc1cc(C)c2ccc3c(C)cc(CCCC)c4ccc1c2c34. The fourth-order valence-corrected chi connectivity index (χ4v) is 4.67. The van der Waals surface area contributed by atoms with E-state index in [9.17, 15) is 0 Å². The molecular weight excluding hydrogens is 312 g/mol. The van der Waals surface area contributed by atoms with Crippen molar-refractivity contribution < 1.29 is 0 Å². The Balaban J connectivity index is 2.11. The molecule has 0 N–H and O–H groups in total. The molecule has 0 aromatic heterocycles. The van der Waals surface area contributed by atoms with Crippen molar-refractivity contribution in [2.24, 2.45) is 0 Å². The van der Waals surface area contributed by atoms with E-state index in [4.69, 9.17) is 0 Å². The van der Waals surface area contributed by atoms with Gasteiger partial charge in [-0.05, 0) is 94.1 Å². The lowest BCUT2D eigenvalue weighted by molar-refractivity contribution is 0.798. The van der Waals surface area contributed by atoms with E-state index < -0.39 is 0 Å². The number of benzene rings is 4. The van der Waals surface area contributed by atoms with Gasteiger partial charge in [-0.1, -0.05) is 63.1 Å². The van der Waals surface area contributed by atoms with Crippen LogP contribution in [0.15, 0.2) is 36.4 Å². The van der Waals surface area contributed by atoms with Crippen LogP contribution in [0.3, 0.4) is 0 Å². The Morgan fingerprint density at radius 3 is 1.35 bits per heavy atom. The molecule has 134 valence electrons. The Hall–Kier alpha value is -2.08. The summed E-state index contributed by atoms with van der Waals surface area (Å²) in [5.41, 5.74) is 5.91. The molecule has 0 spiro atoms. The van der Waals surface area contributed by atoms with Crippen LogP contribution >= 0.6 is 0 Å². The molecule has 26 heavy (non-hydrogen) atoms. The fraction of sp³-hybridized carbons (Fsp3) is 0.385. The summed E-state index contributed by atoms with van der Waals surface area (Å²) in [6.45, 7) is 9.14. The van der Waals surface area contributed by atoms with Crippen molar-refractivity contribution >= 4 is 32.3 Å². The minimum Gasteiger partial charge on any atom is -0.0654 e. The van der Waals surface area contributed by atoms with Crippen molar-refractivity contribution in [2.45, 2.75) is 66.2 Å². The second-order valence-corrected chi connectivity index (χ2v) is 7.98. The molecule has 0 amide bonds. The standard InChI is InChI=1S/C26H30/c1-5-7-9-19-15-17(3)21-11-12-22-18(4)16-20(10-8-6-2)24-14-13-23(19)25(21)26(22)24/h11-16H,5-10H2,1-4H3. The summed E-state index contributed by atoms with van der Waals surface area (Å²) < 4.78 is 0. The van der Waals surface area contributed by atoms with Gasteiger partial charge in [0, 0.05) is 0 Å². The van der Waals surface area contributed by atoms with E-state index >= 15 is 0 Å². The van der Waals surface area contributed by atoms with Crippen LogP contribution in [0.5, 0.6) is 0 Å². The highest BCUT2D eigenvalue weighted by atomic mass is 14.2. The number of hydrogen-bond donors (Lipinski definition) is 0. The first-order valence-corrected chi connectivity index (χ1v) is 10.3. The number of rotatable bonds is 6. The predicted octanol–water partition coefficient (Wildman–Crippen LogP) is 7.89. The number of unbranched alkanes of at least 4 members (excludes halogenated alkanes) is 2. The first kappa shape index (κ1) is 17.3. The largest absolute Gasteiger partial charge is 0.0654 e. The van der Waals surface area contributed by atoms with Crippen LogP contribution in [0, 0.1) is 13.8 Å². The van der Waals surface area contributed by atoms with Gasteiger partial charge in [0.05, 0.1) is 0 Å². The molecule has 4 rings (SSSR count). The summed E-state index contributed by atoms with van der Waals surface area (Å²) >= 11 is 0. The van der Waals surface area contributed by atoms with E-state index in [-0.39, 0.29) is 0 Å². The molecule has 0 heterocycles. The zero-order valence-electron chi connectivity index (χ0n) is 16.7. The Morgan fingerprint density at radius 1 is 0.577 bits per heavy atom. The van der Waals surface area contributed by atoms with Crippen LogP contribution in [-0.2, 0) is 12.8 Å².